The molecule has 47 heavy (non-hydrogen) atoms. The number of allylic oxidation sites excluding steroid dienone is 2. The smallest absolute Gasteiger partial charge is 0.271 e. The Kier molecular flexibility index (Phi) is 6.24. The average Bonchev–Trinajstić information content (AvgIpc) is 3.62. The summed E-state index contributed by atoms with van der Waals surface area (Å²) in [4.78, 5) is 58.5. The molecule has 0 radical (unpaired) electrons. The van der Waals surface area contributed by atoms with Crippen LogP contribution in [0.3, 0.4) is 0 Å². The van der Waals surface area contributed by atoms with Crippen molar-refractivity contribution in [1.82, 2.24) is 0 Å². The molecule has 1 saturated heterocycles. The molecular weight excluding hydrogens is 588 g/mol. The molecule has 3 aliphatic rings. The molecule has 2 fully saturated rings. The summed E-state index contributed by atoms with van der Waals surface area (Å²) in [7, 11) is 0. The number of non-ortho nitro benzene ring substituents is 1. The maximum Gasteiger partial charge on any atom is 0.271 e. The normalized spacial score (nSPS) is 24.6. The fourth-order valence-corrected chi connectivity index (χ4v) is 8.52. The number of rotatable bonds is 6. The molecule has 2 amide bonds. The number of carbonyl (C=O) groups excluding carboxylic acids is 3. The number of Topliss-reactive ketones (excluding diaryl/α,β-unsaturated/α-hetero) is 1. The van der Waals surface area contributed by atoms with Crippen LogP contribution >= 0.6 is 0 Å². The number of fused-ring (bicyclic) bond motifs is 5. The molecule has 2 aliphatic carbocycles. The van der Waals surface area contributed by atoms with E-state index >= 15 is 14.4 Å². The summed E-state index contributed by atoms with van der Waals surface area (Å²) in [5, 5.41) is 11.8. The molecule has 4 unspecified atom stereocenters. The zero-order valence-electron chi connectivity index (χ0n) is 25.4. The van der Waals surface area contributed by atoms with E-state index in [-0.39, 0.29) is 17.2 Å². The van der Waals surface area contributed by atoms with E-state index in [0.29, 0.717) is 27.8 Å². The number of aryl methyl sites for hydroxylation is 1. The Hall–Kier alpha value is -5.95. The van der Waals surface area contributed by atoms with Gasteiger partial charge >= 0.3 is 0 Å². The summed E-state index contributed by atoms with van der Waals surface area (Å²) in [6.45, 7) is 1.72. The summed E-state index contributed by atoms with van der Waals surface area (Å²) >= 11 is 0. The van der Waals surface area contributed by atoms with Gasteiger partial charge in [-0.15, -0.1) is 0 Å². The van der Waals surface area contributed by atoms with Gasteiger partial charge in [0.1, 0.15) is 0 Å². The van der Waals surface area contributed by atoms with Crippen LogP contribution in [0.5, 0.6) is 0 Å². The lowest BCUT2D eigenvalue weighted by atomic mass is 9.59. The first kappa shape index (κ1) is 28.5. The van der Waals surface area contributed by atoms with Crippen LogP contribution in [0.15, 0.2) is 140 Å². The van der Waals surface area contributed by atoms with Crippen LogP contribution < -0.4 is 4.90 Å². The van der Waals surface area contributed by atoms with E-state index < -0.39 is 39.4 Å². The van der Waals surface area contributed by atoms with Crippen molar-refractivity contribution in [2.45, 2.75) is 17.8 Å². The van der Waals surface area contributed by atoms with E-state index in [1.165, 1.54) is 12.1 Å². The van der Waals surface area contributed by atoms with Gasteiger partial charge in [-0.2, -0.15) is 0 Å². The maximum absolute atomic E-state index is 15.9. The number of carbonyl (C=O) groups is 3. The fraction of sp³-hybridized carbons (Fsp3) is 0.125. The topological polar surface area (TPSA) is 97.6 Å². The molecule has 1 saturated carbocycles. The molecule has 7 nitrogen and oxygen atoms in total. The molecular formula is C40H28N2O5. The van der Waals surface area contributed by atoms with E-state index in [9.17, 15) is 10.1 Å². The number of amides is 2. The second-order valence-electron chi connectivity index (χ2n) is 12.4. The van der Waals surface area contributed by atoms with Gasteiger partial charge in [-0.1, -0.05) is 127 Å². The summed E-state index contributed by atoms with van der Waals surface area (Å²) in [5.74, 6) is -3.51. The van der Waals surface area contributed by atoms with Gasteiger partial charge in [0.25, 0.3) is 5.69 Å². The first-order valence-corrected chi connectivity index (χ1v) is 15.5. The molecule has 0 aromatic heterocycles. The molecule has 0 N–H and O–H groups in total. The summed E-state index contributed by atoms with van der Waals surface area (Å²) in [6, 6.07) is 42.0. The number of nitro benzene ring substituents is 1. The Bertz CT molecular complexity index is 2030. The summed E-state index contributed by atoms with van der Waals surface area (Å²) < 4.78 is 0. The maximum atomic E-state index is 15.9. The van der Waals surface area contributed by atoms with E-state index in [0.717, 1.165) is 16.0 Å². The lowest BCUT2D eigenvalue weighted by molar-refractivity contribution is -0.384. The van der Waals surface area contributed by atoms with Crippen LogP contribution in [-0.2, 0) is 25.2 Å². The zero-order chi connectivity index (χ0) is 32.5. The Morgan fingerprint density at radius 3 is 1.40 bits per heavy atom. The molecule has 7 heteroatoms. The summed E-state index contributed by atoms with van der Waals surface area (Å²) in [6.07, 6.45) is 0. The van der Waals surface area contributed by atoms with Crippen LogP contribution in [0.4, 0.5) is 11.4 Å². The highest BCUT2D eigenvalue weighted by Gasteiger charge is 2.82. The highest BCUT2D eigenvalue weighted by Crippen LogP contribution is 2.74. The number of hydrogen-bond acceptors (Lipinski definition) is 5. The minimum Gasteiger partial charge on any atom is -0.297 e. The van der Waals surface area contributed by atoms with Crippen LogP contribution in [0.2, 0.25) is 0 Å². The minimum atomic E-state index is -1.54. The number of benzene rings is 5. The van der Waals surface area contributed by atoms with Gasteiger partial charge in [0.05, 0.1) is 33.3 Å². The van der Waals surface area contributed by atoms with Crippen molar-refractivity contribution < 1.29 is 19.3 Å². The largest absolute Gasteiger partial charge is 0.297 e. The third-order valence-corrected chi connectivity index (χ3v) is 10.2. The van der Waals surface area contributed by atoms with E-state index in [4.69, 9.17) is 0 Å². The first-order chi connectivity index (χ1) is 22.8. The van der Waals surface area contributed by atoms with Crippen molar-refractivity contribution >= 4 is 40.1 Å². The van der Waals surface area contributed by atoms with Crippen molar-refractivity contribution in [3.8, 4) is 0 Å². The number of nitrogens with zero attached hydrogens (tertiary/aromatic N) is 2. The fourth-order valence-electron chi connectivity index (χ4n) is 8.52. The first-order valence-electron chi connectivity index (χ1n) is 15.5. The quantitative estimate of drug-likeness (QED) is 0.115. The minimum absolute atomic E-state index is 0.157. The van der Waals surface area contributed by atoms with Gasteiger partial charge < -0.3 is 0 Å². The van der Waals surface area contributed by atoms with Gasteiger partial charge in [-0.05, 0) is 45.9 Å². The second-order valence-corrected chi connectivity index (χ2v) is 12.4. The highest BCUT2D eigenvalue weighted by atomic mass is 16.6. The number of hydrogen-bond donors (Lipinski definition) is 0. The number of imide groups is 1. The number of nitro groups is 1. The van der Waals surface area contributed by atoms with Crippen molar-refractivity contribution in [2.75, 3.05) is 4.90 Å². The Morgan fingerprint density at radius 2 is 1.00 bits per heavy atom. The predicted octanol–water partition coefficient (Wildman–Crippen LogP) is 7.09. The molecule has 5 aromatic rings. The number of ketones is 1. The molecule has 228 valence electrons. The highest BCUT2D eigenvalue weighted by molar-refractivity contribution is 6.39. The SMILES string of the molecule is Cc1ccc([N+](=O)[O-])cc1N1C(=O)C2C(C1=O)C1(c3ccccc3)C(=O)C2(c2ccccc2)C(c2ccccc2)=C1c1ccccc1. The summed E-state index contributed by atoms with van der Waals surface area (Å²) in [5.41, 5.74) is 1.61. The van der Waals surface area contributed by atoms with Gasteiger partial charge in [0.15, 0.2) is 5.78 Å². The zero-order valence-corrected chi connectivity index (χ0v) is 25.4. The van der Waals surface area contributed by atoms with Crippen LogP contribution in [0, 0.1) is 28.9 Å². The third kappa shape index (κ3) is 3.59. The monoisotopic (exact) mass is 616 g/mol. The molecule has 8 rings (SSSR count). The Balaban J connectivity index is 1.54. The van der Waals surface area contributed by atoms with Gasteiger partial charge in [-0.3, -0.25) is 24.5 Å². The van der Waals surface area contributed by atoms with Crippen molar-refractivity contribution in [3.05, 3.63) is 177 Å². The molecule has 0 spiro atoms. The van der Waals surface area contributed by atoms with Crippen molar-refractivity contribution in [1.29, 1.82) is 0 Å². The van der Waals surface area contributed by atoms with Crippen LogP contribution in [-0.4, -0.2) is 22.5 Å². The van der Waals surface area contributed by atoms with Gasteiger partial charge in [0, 0.05) is 12.1 Å². The van der Waals surface area contributed by atoms with Gasteiger partial charge in [0.2, 0.25) is 11.8 Å². The van der Waals surface area contributed by atoms with E-state index in [2.05, 4.69) is 0 Å². The third-order valence-electron chi connectivity index (χ3n) is 10.2. The average molecular weight is 617 g/mol. The lowest BCUT2D eigenvalue weighted by Crippen LogP contribution is -2.45. The molecule has 1 aliphatic heterocycles. The second kappa shape index (κ2) is 10.3. The van der Waals surface area contributed by atoms with E-state index in [1.807, 2.05) is 121 Å². The Morgan fingerprint density at radius 1 is 0.596 bits per heavy atom. The van der Waals surface area contributed by atoms with Crippen LogP contribution in [0.25, 0.3) is 11.1 Å². The predicted molar refractivity (Wildman–Crippen MR) is 178 cm³/mol. The molecule has 5 aromatic carbocycles. The van der Waals surface area contributed by atoms with Crippen molar-refractivity contribution in [2.24, 2.45) is 11.8 Å². The number of anilines is 1. The van der Waals surface area contributed by atoms with Crippen molar-refractivity contribution in [3.63, 3.8) is 0 Å². The van der Waals surface area contributed by atoms with E-state index in [1.54, 1.807) is 13.0 Å². The molecule has 2 bridgehead atoms. The standard InChI is InChI=1S/C40H28N2O5/c1-25-22-23-30(42(46)47)24-31(25)41-36(43)34-35(37(41)44)40(29-20-12-5-13-21-29)33(27-16-8-3-9-17-27)32(26-14-6-2-7-15-26)39(34,38(40)45)28-18-10-4-11-19-28/h2-24,34-35H,1H3. The van der Waals surface area contributed by atoms with Gasteiger partial charge in [-0.25, -0.2) is 4.90 Å². The Labute approximate surface area is 270 Å². The van der Waals surface area contributed by atoms with Crippen LogP contribution in [0.1, 0.15) is 27.8 Å². The molecule has 4 atom stereocenters. The lowest BCUT2D eigenvalue weighted by Gasteiger charge is -2.39. The molecule has 1 heterocycles.